The van der Waals surface area contributed by atoms with E-state index < -0.39 is 0 Å². The van der Waals surface area contributed by atoms with Crippen LogP contribution in [0.4, 0.5) is 0 Å². The van der Waals surface area contributed by atoms with Crippen molar-refractivity contribution in [2.45, 2.75) is 19.5 Å². The van der Waals surface area contributed by atoms with Gasteiger partial charge in [-0.3, -0.25) is 0 Å². The van der Waals surface area contributed by atoms with Gasteiger partial charge < -0.3 is 9.88 Å². The molecule has 4 nitrogen and oxygen atoms in total. The number of aryl methyl sites for hydroxylation is 2. The van der Waals surface area contributed by atoms with Gasteiger partial charge >= 0.3 is 0 Å². The van der Waals surface area contributed by atoms with Crippen LogP contribution in [0.1, 0.15) is 10.7 Å². The van der Waals surface area contributed by atoms with Gasteiger partial charge in [0.25, 0.3) is 0 Å². The minimum atomic E-state index is 0.859. The second-order valence-electron chi connectivity index (χ2n) is 3.28. The van der Waals surface area contributed by atoms with Crippen LogP contribution in [-0.2, 0) is 19.5 Å². The van der Waals surface area contributed by atoms with Crippen LogP contribution in [0, 0.1) is 0 Å². The maximum absolute atomic E-state index is 4.26. The third kappa shape index (κ3) is 2.64. The van der Waals surface area contributed by atoms with E-state index in [9.17, 15) is 0 Å². The van der Waals surface area contributed by atoms with E-state index in [1.807, 2.05) is 31.1 Å². The van der Waals surface area contributed by atoms with E-state index in [0.29, 0.717) is 0 Å². The van der Waals surface area contributed by atoms with E-state index in [2.05, 4.69) is 19.9 Å². The van der Waals surface area contributed by atoms with Gasteiger partial charge in [0.05, 0.1) is 17.0 Å². The van der Waals surface area contributed by atoms with Crippen molar-refractivity contribution in [1.29, 1.82) is 0 Å². The SMILES string of the molecule is CNCc1cncn1CCc1nccs1. The molecular weight excluding hydrogens is 208 g/mol. The fraction of sp³-hybridized carbons (Fsp3) is 0.400. The van der Waals surface area contributed by atoms with Gasteiger partial charge in [0, 0.05) is 37.3 Å². The Bertz CT molecular complexity index is 393. The first-order valence-corrected chi connectivity index (χ1v) is 5.80. The molecule has 0 spiro atoms. The number of nitrogens with zero attached hydrogens (tertiary/aromatic N) is 3. The van der Waals surface area contributed by atoms with Crippen molar-refractivity contribution in [3.8, 4) is 0 Å². The Morgan fingerprint density at radius 2 is 2.47 bits per heavy atom. The van der Waals surface area contributed by atoms with Crippen LogP contribution in [0.15, 0.2) is 24.1 Å². The molecule has 0 aliphatic heterocycles. The average molecular weight is 222 g/mol. The summed E-state index contributed by atoms with van der Waals surface area (Å²) in [5.74, 6) is 0. The molecule has 5 heteroatoms. The number of rotatable bonds is 5. The second kappa shape index (κ2) is 5.04. The average Bonchev–Trinajstić information content (AvgIpc) is 2.85. The normalized spacial score (nSPS) is 10.7. The molecule has 80 valence electrons. The zero-order valence-electron chi connectivity index (χ0n) is 8.68. The van der Waals surface area contributed by atoms with Crippen LogP contribution < -0.4 is 5.32 Å². The molecule has 2 rings (SSSR count). The lowest BCUT2D eigenvalue weighted by molar-refractivity contribution is 0.636. The molecule has 0 amide bonds. The third-order valence-corrected chi connectivity index (χ3v) is 3.05. The van der Waals surface area contributed by atoms with Gasteiger partial charge in [0.15, 0.2) is 0 Å². The van der Waals surface area contributed by atoms with Crippen LogP contribution in [0.3, 0.4) is 0 Å². The van der Waals surface area contributed by atoms with Crippen molar-refractivity contribution >= 4 is 11.3 Å². The number of hydrogen-bond acceptors (Lipinski definition) is 4. The Hall–Kier alpha value is -1.20. The Morgan fingerprint density at radius 1 is 1.53 bits per heavy atom. The lowest BCUT2D eigenvalue weighted by atomic mass is 10.4. The van der Waals surface area contributed by atoms with Crippen LogP contribution in [0.2, 0.25) is 0 Å². The Morgan fingerprint density at radius 3 is 3.20 bits per heavy atom. The molecule has 0 aromatic carbocycles. The molecule has 0 aliphatic carbocycles. The number of thiazole rings is 1. The summed E-state index contributed by atoms with van der Waals surface area (Å²) in [6, 6.07) is 0. The fourth-order valence-corrected chi connectivity index (χ4v) is 2.08. The van der Waals surface area contributed by atoms with Crippen molar-refractivity contribution < 1.29 is 0 Å². The second-order valence-corrected chi connectivity index (χ2v) is 4.26. The zero-order chi connectivity index (χ0) is 10.5. The zero-order valence-corrected chi connectivity index (χ0v) is 9.50. The van der Waals surface area contributed by atoms with E-state index in [4.69, 9.17) is 0 Å². The number of nitrogens with one attached hydrogen (secondary N) is 1. The Labute approximate surface area is 93.0 Å². The first-order chi connectivity index (χ1) is 7.40. The summed E-state index contributed by atoms with van der Waals surface area (Å²) in [7, 11) is 1.94. The third-order valence-electron chi connectivity index (χ3n) is 2.21. The monoisotopic (exact) mass is 222 g/mol. The van der Waals surface area contributed by atoms with E-state index in [1.54, 1.807) is 11.3 Å². The summed E-state index contributed by atoms with van der Waals surface area (Å²) in [5, 5.41) is 6.32. The van der Waals surface area contributed by atoms with Gasteiger partial charge in [-0.25, -0.2) is 9.97 Å². The molecule has 0 atom stereocenters. The smallest absolute Gasteiger partial charge is 0.0948 e. The van der Waals surface area contributed by atoms with Crippen LogP contribution in [0.5, 0.6) is 0 Å². The minimum absolute atomic E-state index is 0.859. The quantitative estimate of drug-likeness (QED) is 0.829. The molecule has 2 heterocycles. The highest BCUT2D eigenvalue weighted by Gasteiger charge is 2.02. The van der Waals surface area contributed by atoms with E-state index in [1.165, 1.54) is 10.7 Å². The van der Waals surface area contributed by atoms with Crippen LogP contribution in [-0.4, -0.2) is 21.6 Å². The Kier molecular flexibility index (Phi) is 3.47. The van der Waals surface area contributed by atoms with Crippen molar-refractivity contribution in [1.82, 2.24) is 19.9 Å². The standard InChI is InChI=1S/C10H14N4S/c1-11-6-9-7-12-8-14(9)4-2-10-13-3-5-15-10/h3,5,7-8,11H,2,4,6H2,1H3. The van der Waals surface area contributed by atoms with Crippen LogP contribution >= 0.6 is 11.3 Å². The molecule has 15 heavy (non-hydrogen) atoms. The lowest BCUT2D eigenvalue weighted by Crippen LogP contribution is -2.11. The molecule has 0 radical (unpaired) electrons. The predicted octanol–water partition coefficient (Wildman–Crippen LogP) is 1.30. The molecule has 0 saturated heterocycles. The van der Waals surface area contributed by atoms with E-state index in [-0.39, 0.29) is 0 Å². The van der Waals surface area contributed by atoms with Gasteiger partial charge in [-0.2, -0.15) is 0 Å². The van der Waals surface area contributed by atoms with Crippen molar-refractivity contribution in [2.75, 3.05) is 7.05 Å². The molecule has 0 fully saturated rings. The molecule has 0 saturated carbocycles. The Balaban J connectivity index is 1.95. The summed E-state index contributed by atoms with van der Waals surface area (Å²) < 4.78 is 2.16. The van der Waals surface area contributed by atoms with Gasteiger partial charge in [0.1, 0.15) is 0 Å². The molecule has 0 bridgehead atoms. The lowest BCUT2D eigenvalue weighted by Gasteiger charge is -2.05. The first kappa shape index (κ1) is 10.3. The molecule has 0 unspecified atom stereocenters. The largest absolute Gasteiger partial charge is 0.333 e. The molecule has 1 N–H and O–H groups in total. The topological polar surface area (TPSA) is 42.7 Å². The first-order valence-electron chi connectivity index (χ1n) is 4.92. The predicted molar refractivity (Wildman–Crippen MR) is 60.8 cm³/mol. The fourth-order valence-electron chi connectivity index (χ4n) is 1.47. The van der Waals surface area contributed by atoms with Gasteiger partial charge in [-0.05, 0) is 7.05 Å². The molecule has 0 aliphatic rings. The van der Waals surface area contributed by atoms with E-state index in [0.717, 1.165) is 19.5 Å². The van der Waals surface area contributed by atoms with Gasteiger partial charge in [-0.15, -0.1) is 11.3 Å². The highest BCUT2D eigenvalue weighted by Crippen LogP contribution is 2.07. The van der Waals surface area contributed by atoms with Gasteiger partial charge in [-0.1, -0.05) is 0 Å². The van der Waals surface area contributed by atoms with Crippen molar-refractivity contribution in [3.05, 3.63) is 34.8 Å². The van der Waals surface area contributed by atoms with E-state index >= 15 is 0 Å². The number of imidazole rings is 1. The minimum Gasteiger partial charge on any atom is -0.333 e. The summed E-state index contributed by atoms with van der Waals surface area (Å²) in [6.45, 7) is 1.81. The van der Waals surface area contributed by atoms with Crippen molar-refractivity contribution in [3.63, 3.8) is 0 Å². The summed E-state index contributed by atoms with van der Waals surface area (Å²) in [5.41, 5.74) is 1.22. The summed E-state index contributed by atoms with van der Waals surface area (Å²) in [4.78, 5) is 8.41. The van der Waals surface area contributed by atoms with Crippen LogP contribution in [0.25, 0.3) is 0 Å². The molecular formula is C10H14N4S. The highest BCUT2D eigenvalue weighted by molar-refractivity contribution is 7.09. The summed E-state index contributed by atoms with van der Waals surface area (Å²) >= 11 is 1.70. The maximum atomic E-state index is 4.26. The maximum Gasteiger partial charge on any atom is 0.0948 e. The number of hydrogen-bond donors (Lipinski definition) is 1. The summed E-state index contributed by atoms with van der Waals surface area (Å²) in [6.07, 6.45) is 6.60. The molecule has 2 aromatic rings. The van der Waals surface area contributed by atoms with Crippen molar-refractivity contribution in [2.24, 2.45) is 0 Å². The highest BCUT2D eigenvalue weighted by atomic mass is 32.1. The van der Waals surface area contributed by atoms with Gasteiger partial charge in [0.2, 0.25) is 0 Å². The molecule has 2 aromatic heterocycles. The number of aromatic nitrogens is 3.